The molecule has 1 heterocycles. The summed E-state index contributed by atoms with van der Waals surface area (Å²) in [5, 5.41) is 10.4. The molecule has 0 spiro atoms. The number of hydrogen-bond donors (Lipinski definition) is 3. The minimum Gasteiger partial charge on any atom is -0.364 e. The van der Waals surface area contributed by atoms with Crippen LogP contribution in [0, 0.1) is 14.9 Å². The third-order valence-electron chi connectivity index (χ3n) is 1.35. The van der Waals surface area contributed by atoms with Gasteiger partial charge in [0.25, 0.3) is 5.91 Å². The van der Waals surface area contributed by atoms with E-state index in [-0.39, 0.29) is 4.77 Å². The van der Waals surface area contributed by atoms with Crippen LogP contribution in [-0.2, 0) is 0 Å². The lowest BCUT2D eigenvalue weighted by Gasteiger charge is -1.96. The predicted octanol–water partition coefficient (Wildman–Crippen LogP) is -0.560. The van der Waals surface area contributed by atoms with Gasteiger partial charge in [0, 0.05) is 0 Å². The van der Waals surface area contributed by atoms with E-state index in [9.17, 15) is 19.7 Å². The van der Waals surface area contributed by atoms with Gasteiger partial charge in [0.05, 0.1) is 4.92 Å². The van der Waals surface area contributed by atoms with Crippen LogP contribution in [-0.4, -0.2) is 20.8 Å². The van der Waals surface area contributed by atoms with Crippen LogP contribution in [0.15, 0.2) is 4.79 Å². The largest absolute Gasteiger partial charge is 0.364 e. The number of nitrogens with zero attached hydrogens (tertiary/aromatic N) is 1. The Morgan fingerprint density at radius 1 is 1.50 bits per heavy atom. The maximum absolute atomic E-state index is 11.0. The van der Waals surface area contributed by atoms with E-state index < -0.39 is 27.8 Å². The number of amides is 1. The summed E-state index contributed by atoms with van der Waals surface area (Å²) >= 11 is 4.51. The summed E-state index contributed by atoms with van der Waals surface area (Å²) in [6, 6.07) is 0. The summed E-state index contributed by atoms with van der Waals surface area (Å²) < 4.78 is -0.200. The second-order valence-corrected chi connectivity index (χ2v) is 2.66. The third-order valence-corrected chi connectivity index (χ3v) is 1.55. The molecule has 14 heavy (non-hydrogen) atoms. The zero-order valence-electron chi connectivity index (χ0n) is 6.57. The average molecular weight is 216 g/mol. The number of H-pyrrole nitrogens is 2. The molecule has 0 unspecified atom stereocenters. The highest BCUT2D eigenvalue weighted by Gasteiger charge is 2.23. The van der Waals surface area contributed by atoms with Crippen LogP contribution in [0.3, 0.4) is 0 Å². The standard InChI is InChI=1S/C5H4N4O4S/c6-3(10)1-2(9(12)13)4(11)8-5(14)7-1/h(H2,6,10)(H2,7,8,11,14). The van der Waals surface area contributed by atoms with E-state index in [0.717, 1.165) is 0 Å². The summed E-state index contributed by atoms with van der Waals surface area (Å²) in [7, 11) is 0. The van der Waals surface area contributed by atoms with Gasteiger partial charge in [-0.25, -0.2) is 0 Å². The van der Waals surface area contributed by atoms with Crippen LogP contribution in [0.2, 0.25) is 0 Å². The predicted molar refractivity (Wildman–Crippen MR) is 47.4 cm³/mol. The number of aromatic nitrogens is 2. The molecule has 0 bridgehead atoms. The van der Waals surface area contributed by atoms with Crippen molar-refractivity contribution in [3.63, 3.8) is 0 Å². The molecule has 1 aromatic heterocycles. The fourth-order valence-electron chi connectivity index (χ4n) is 0.832. The molecule has 0 aliphatic carbocycles. The van der Waals surface area contributed by atoms with Gasteiger partial charge in [-0.1, -0.05) is 0 Å². The molecule has 1 rings (SSSR count). The maximum Gasteiger partial charge on any atom is 0.362 e. The normalized spacial score (nSPS) is 9.71. The van der Waals surface area contributed by atoms with Crippen molar-refractivity contribution in [1.82, 2.24) is 9.97 Å². The molecule has 0 aromatic carbocycles. The molecular weight excluding hydrogens is 212 g/mol. The van der Waals surface area contributed by atoms with Gasteiger partial charge in [-0.05, 0) is 12.2 Å². The second kappa shape index (κ2) is 3.38. The Kier molecular flexibility index (Phi) is 2.42. The van der Waals surface area contributed by atoms with Gasteiger partial charge in [0.2, 0.25) is 0 Å². The summed E-state index contributed by atoms with van der Waals surface area (Å²) in [5.74, 6) is -1.12. The first-order valence-electron chi connectivity index (χ1n) is 3.24. The van der Waals surface area contributed by atoms with Crippen molar-refractivity contribution in [2.24, 2.45) is 5.73 Å². The van der Waals surface area contributed by atoms with Gasteiger partial charge in [0.1, 0.15) is 0 Å². The number of primary amides is 1. The highest BCUT2D eigenvalue weighted by molar-refractivity contribution is 7.71. The molecule has 0 aliphatic rings. The maximum atomic E-state index is 11.0. The lowest BCUT2D eigenvalue weighted by Crippen LogP contribution is -2.23. The Labute approximate surface area is 80.9 Å². The van der Waals surface area contributed by atoms with E-state index in [1.807, 2.05) is 4.98 Å². The molecule has 0 saturated carbocycles. The lowest BCUT2D eigenvalue weighted by molar-refractivity contribution is -0.386. The average Bonchev–Trinajstić information content (AvgIpc) is 2.01. The highest BCUT2D eigenvalue weighted by atomic mass is 32.1. The van der Waals surface area contributed by atoms with Crippen LogP contribution in [0.5, 0.6) is 0 Å². The number of rotatable bonds is 2. The Morgan fingerprint density at radius 2 is 2.07 bits per heavy atom. The monoisotopic (exact) mass is 216 g/mol. The third kappa shape index (κ3) is 1.66. The second-order valence-electron chi connectivity index (χ2n) is 2.25. The molecule has 0 atom stereocenters. The molecule has 0 radical (unpaired) electrons. The van der Waals surface area contributed by atoms with Crippen LogP contribution in [0.1, 0.15) is 10.5 Å². The van der Waals surface area contributed by atoms with E-state index in [4.69, 9.17) is 5.73 Å². The number of carbonyl (C=O) groups is 1. The molecule has 1 aromatic rings. The molecule has 4 N–H and O–H groups in total. The number of hydrogen-bond acceptors (Lipinski definition) is 5. The first-order chi connectivity index (χ1) is 6.43. The number of nitro groups is 1. The minimum atomic E-state index is -1.12. The van der Waals surface area contributed by atoms with E-state index in [0.29, 0.717) is 0 Å². The van der Waals surface area contributed by atoms with Crippen LogP contribution in [0.25, 0.3) is 0 Å². The minimum absolute atomic E-state index is 0.200. The SMILES string of the molecule is NC(=O)c1[nH]c(=S)[nH]c(=O)c1[N+](=O)[O-]. The molecule has 74 valence electrons. The van der Waals surface area contributed by atoms with Crippen LogP contribution >= 0.6 is 12.2 Å². The highest BCUT2D eigenvalue weighted by Crippen LogP contribution is 2.07. The van der Waals surface area contributed by atoms with Gasteiger partial charge < -0.3 is 10.7 Å². The summed E-state index contributed by atoms with van der Waals surface area (Å²) in [5.41, 5.74) is 2.21. The zero-order valence-corrected chi connectivity index (χ0v) is 7.38. The molecule has 0 saturated heterocycles. The zero-order chi connectivity index (χ0) is 10.9. The Morgan fingerprint density at radius 3 is 2.50 bits per heavy atom. The number of carbonyl (C=O) groups excluding carboxylic acids is 1. The fourth-order valence-corrected chi connectivity index (χ4v) is 1.03. The van der Waals surface area contributed by atoms with Gasteiger partial charge in [-0.3, -0.25) is 24.7 Å². The number of nitrogens with two attached hydrogens (primary N) is 1. The Hall–Kier alpha value is -2.03. The smallest absolute Gasteiger partial charge is 0.362 e. The first kappa shape index (κ1) is 10.1. The summed E-state index contributed by atoms with van der Waals surface area (Å²) in [6.45, 7) is 0. The quantitative estimate of drug-likeness (QED) is 0.346. The molecule has 9 heteroatoms. The van der Waals surface area contributed by atoms with E-state index in [2.05, 4.69) is 17.2 Å². The van der Waals surface area contributed by atoms with Crippen LogP contribution in [0.4, 0.5) is 5.69 Å². The molecule has 8 nitrogen and oxygen atoms in total. The van der Waals surface area contributed by atoms with Crippen molar-refractivity contribution in [2.75, 3.05) is 0 Å². The molecule has 0 aliphatic heterocycles. The fraction of sp³-hybridized carbons (Fsp3) is 0. The van der Waals surface area contributed by atoms with Crippen molar-refractivity contribution >= 4 is 23.8 Å². The van der Waals surface area contributed by atoms with Crippen molar-refractivity contribution in [1.29, 1.82) is 0 Å². The van der Waals surface area contributed by atoms with E-state index in [1.54, 1.807) is 0 Å². The number of nitrogens with one attached hydrogen (secondary N) is 2. The van der Waals surface area contributed by atoms with Gasteiger partial charge >= 0.3 is 11.2 Å². The number of aromatic amines is 2. The van der Waals surface area contributed by atoms with Gasteiger partial charge in [0.15, 0.2) is 10.5 Å². The van der Waals surface area contributed by atoms with Crippen LogP contribution < -0.4 is 11.3 Å². The van der Waals surface area contributed by atoms with Crippen molar-refractivity contribution < 1.29 is 9.72 Å². The molecular formula is C5H4N4O4S. The van der Waals surface area contributed by atoms with Crippen molar-refractivity contribution in [2.45, 2.75) is 0 Å². The van der Waals surface area contributed by atoms with E-state index in [1.165, 1.54) is 0 Å². The molecule has 1 amide bonds. The van der Waals surface area contributed by atoms with Crippen molar-refractivity contribution in [3.8, 4) is 0 Å². The summed E-state index contributed by atoms with van der Waals surface area (Å²) in [4.78, 5) is 35.2. The Balaban J connectivity index is 3.70. The van der Waals surface area contributed by atoms with Gasteiger partial charge in [-0.15, -0.1) is 0 Å². The van der Waals surface area contributed by atoms with E-state index >= 15 is 0 Å². The van der Waals surface area contributed by atoms with Gasteiger partial charge in [-0.2, -0.15) is 0 Å². The topological polar surface area (TPSA) is 135 Å². The van der Waals surface area contributed by atoms with Crippen molar-refractivity contribution in [3.05, 3.63) is 30.9 Å². The lowest BCUT2D eigenvalue weighted by atomic mass is 10.3. The first-order valence-corrected chi connectivity index (χ1v) is 3.65. The molecule has 0 fully saturated rings. The summed E-state index contributed by atoms with van der Waals surface area (Å²) in [6.07, 6.45) is 0. The Bertz CT molecular complexity index is 515.